The Bertz CT molecular complexity index is 269. The zero-order valence-corrected chi connectivity index (χ0v) is 11.9. The van der Waals surface area contributed by atoms with Crippen molar-refractivity contribution in [3.8, 4) is 0 Å². The van der Waals surface area contributed by atoms with Gasteiger partial charge in [-0.3, -0.25) is 0 Å². The number of aliphatic carboxylic acids is 1. The molecule has 5 heteroatoms. The topological polar surface area (TPSA) is 69.6 Å². The van der Waals surface area contributed by atoms with Crippen LogP contribution in [0.25, 0.3) is 0 Å². The van der Waals surface area contributed by atoms with E-state index in [0.717, 1.165) is 25.7 Å². The van der Waals surface area contributed by atoms with Crippen LogP contribution in [0.5, 0.6) is 0 Å². The summed E-state index contributed by atoms with van der Waals surface area (Å²) in [6.45, 7) is 6.02. The summed E-state index contributed by atoms with van der Waals surface area (Å²) in [6.07, 6.45) is 4.11. The molecule has 2 N–H and O–H groups in total. The van der Waals surface area contributed by atoms with Gasteiger partial charge >= 0.3 is 12.0 Å². The van der Waals surface area contributed by atoms with Crippen LogP contribution in [0.3, 0.4) is 0 Å². The molecular formula is C13H26N2O3. The second-order valence-corrected chi connectivity index (χ2v) is 4.73. The van der Waals surface area contributed by atoms with Gasteiger partial charge in [-0.15, -0.1) is 0 Å². The van der Waals surface area contributed by atoms with E-state index in [1.54, 1.807) is 11.9 Å². The zero-order valence-electron chi connectivity index (χ0n) is 11.9. The summed E-state index contributed by atoms with van der Waals surface area (Å²) in [7, 11) is 1.70. The van der Waals surface area contributed by atoms with Crippen molar-refractivity contribution in [3.05, 3.63) is 0 Å². The molecule has 0 fully saturated rings. The van der Waals surface area contributed by atoms with Crippen molar-refractivity contribution in [1.29, 1.82) is 0 Å². The molecule has 0 heterocycles. The lowest BCUT2D eigenvalue weighted by atomic mass is 10.1. The Kier molecular flexibility index (Phi) is 8.16. The molecule has 0 aliphatic carbocycles. The fourth-order valence-corrected chi connectivity index (χ4v) is 1.73. The number of carbonyl (C=O) groups is 2. The molecule has 106 valence electrons. The fourth-order valence-electron chi connectivity index (χ4n) is 1.73. The van der Waals surface area contributed by atoms with Gasteiger partial charge in [0.25, 0.3) is 0 Å². The van der Waals surface area contributed by atoms with Gasteiger partial charge in [-0.05, 0) is 19.8 Å². The Morgan fingerprint density at radius 2 is 1.83 bits per heavy atom. The maximum Gasteiger partial charge on any atom is 0.326 e. The molecule has 18 heavy (non-hydrogen) atoms. The van der Waals surface area contributed by atoms with Gasteiger partial charge in [0.15, 0.2) is 0 Å². The van der Waals surface area contributed by atoms with Crippen LogP contribution in [0.2, 0.25) is 0 Å². The predicted molar refractivity (Wildman–Crippen MR) is 71.6 cm³/mol. The van der Waals surface area contributed by atoms with Crippen molar-refractivity contribution in [2.75, 3.05) is 7.05 Å². The van der Waals surface area contributed by atoms with Crippen molar-refractivity contribution in [2.45, 2.75) is 65.0 Å². The summed E-state index contributed by atoms with van der Waals surface area (Å²) < 4.78 is 0. The molecule has 0 aliphatic rings. The SMILES string of the molecule is CCCCC(NC(=O)N(C)C(C)CCC)C(=O)O. The second kappa shape index (κ2) is 8.78. The van der Waals surface area contributed by atoms with Crippen molar-refractivity contribution >= 4 is 12.0 Å². The number of nitrogens with zero attached hydrogens (tertiary/aromatic N) is 1. The molecule has 0 rings (SSSR count). The monoisotopic (exact) mass is 258 g/mol. The van der Waals surface area contributed by atoms with Crippen molar-refractivity contribution < 1.29 is 14.7 Å². The highest BCUT2D eigenvalue weighted by Gasteiger charge is 2.22. The lowest BCUT2D eigenvalue weighted by Gasteiger charge is -2.26. The Balaban J connectivity index is 4.35. The Morgan fingerprint density at radius 1 is 1.22 bits per heavy atom. The molecule has 2 amide bonds. The van der Waals surface area contributed by atoms with E-state index < -0.39 is 12.0 Å². The molecule has 0 bridgehead atoms. The van der Waals surface area contributed by atoms with E-state index in [1.165, 1.54) is 0 Å². The van der Waals surface area contributed by atoms with E-state index >= 15 is 0 Å². The first-order valence-corrected chi connectivity index (χ1v) is 6.70. The Labute approximate surface area is 110 Å². The Hall–Kier alpha value is -1.26. The molecule has 2 atom stereocenters. The highest BCUT2D eigenvalue weighted by atomic mass is 16.4. The fraction of sp³-hybridized carbons (Fsp3) is 0.846. The van der Waals surface area contributed by atoms with Crippen LogP contribution < -0.4 is 5.32 Å². The number of urea groups is 1. The smallest absolute Gasteiger partial charge is 0.326 e. The van der Waals surface area contributed by atoms with Crippen molar-refractivity contribution in [3.63, 3.8) is 0 Å². The average molecular weight is 258 g/mol. The van der Waals surface area contributed by atoms with Crippen LogP contribution in [-0.2, 0) is 4.79 Å². The number of carboxylic acid groups (broad SMARTS) is 1. The largest absolute Gasteiger partial charge is 0.480 e. The first-order chi connectivity index (χ1) is 8.43. The third-order valence-electron chi connectivity index (χ3n) is 3.13. The predicted octanol–water partition coefficient (Wildman–Crippen LogP) is 2.46. The van der Waals surface area contributed by atoms with E-state index in [1.807, 2.05) is 13.8 Å². The normalized spacial score (nSPS) is 13.8. The molecule has 0 aromatic heterocycles. The van der Waals surface area contributed by atoms with E-state index in [0.29, 0.717) is 6.42 Å². The standard InChI is InChI=1S/C13H26N2O3/c1-5-7-9-11(12(16)17)14-13(18)15(4)10(3)8-6-2/h10-11H,5-9H2,1-4H3,(H,14,18)(H,16,17). The quantitative estimate of drug-likeness (QED) is 0.702. The number of amides is 2. The average Bonchev–Trinajstić information content (AvgIpc) is 2.33. The maximum absolute atomic E-state index is 11.9. The number of carboxylic acids is 1. The third kappa shape index (κ3) is 5.89. The van der Waals surface area contributed by atoms with E-state index in [-0.39, 0.29) is 12.1 Å². The van der Waals surface area contributed by atoms with Crippen LogP contribution in [0.1, 0.15) is 52.9 Å². The number of unbranched alkanes of at least 4 members (excludes halogenated alkanes) is 1. The summed E-state index contributed by atoms with van der Waals surface area (Å²) in [5, 5.41) is 11.6. The maximum atomic E-state index is 11.9. The number of rotatable bonds is 8. The molecular weight excluding hydrogens is 232 g/mol. The van der Waals surface area contributed by atoms with Gasteiger partial charge in [0.05, 0.1) is 0 Å². The van der Waals surface area contributed by atoms with E-state index in [9.17, 15) is 9.59 Å². The van der Waals surface area contributed by atoms with Gasteiger partial charge in [0.1, 0.15) is 6.04 Å². The number of nitrogens with one attached hydrogen (secondary N) is 1. The zero-order chi connectivity index (χ0) is 14.1. The lowest BCUT2D eigenvalue weighted by Crippen LogP contribution is -2.49. The molecule has 0 aliphatic heterocycles. The minimum absolute atomic E-state index is 0.121. The van der Waals surface area contributed by atoms with Gasteiger partial charge < -0.3 is 15.3 Å². The van der Waals surface area contributed by atoms with Crippen LogP contribution in [-0.4, -0.2) is 41.1 Å². The molecule has 2 unspecified atom stereocenters. The molecule has 0 saturated heterocycles. The minimum atomic E-state index is -0.964. The van der Waals surface area contributed by atoms with Crippen molar-refractivity contribution in [2.24, 2.45) is 0 Å². The lowest BCUT2D eigenvalue weighted by molar-refractivity contribution is -0.139. The summed E-state index contributed by atoms with van der Waals surface area (Å²) in [6, 6.07) is -0.969. The molecule has 0 aromatic carbocycles. The highest BCUT2D eigenvalue weighted by molar-refractivity contribution is 5.82. The van der Waals surface area contributed by atoms with Crippen LogP contribution in [0, 0.1) is 0 Å². The molecule has 5 nitrogen and oxygen atoms in total. The van der Waals surface area contributed by atoms with Gasteiger partial charge in [-0.2, -0.15) is 0 Å². The number of carbonyl (C=O) groups excluding carboxylic acids is 1. The van der Waals surface area contributed by atoms with Gasteiger partial charge in [0.2, 0.25) is 0 Å². The van der Waals surface area contributed by atoms with Gasteiger partial charge in [0, 0.05) is 13.1 Å². The van der Waals surface area contributed by atoms with Gasteiger partial charge in [-0.1, -0.05) is 33.1 Å². The van der Waals surface area contributed by atoms with E-state index in [2.05, 4.69) is 12.2 Å². The molecule has 0 aromatic rings. The number of hydrogen-bond donors (Lipinski definition) is 2. The second-order valence-electron chi connectivity index (χ2n) is 4.73. The third-order valence-corrected chi connectivity index (χ3v) is 3.13. The molecule has 0 saturated carbocycles. The Morgan fingerprint density at radius 3 is 2.28 bits per heavy atom. The summed E-state index contributed by atoms with van der Waals surface area (Å²) in [4.78, 5) is 24.5. The minimum Gasteiger partial charge on any atom is -0.480 e. The first-order valence-electron chi connectivity index (χ1n) is 6.70. The van der Waals surface area contributed by atoms with Crippen LogP contribution in [0.4, 0.5) is 4.79 Å². The van der Waals surface area contributed by atoms with E-state index in [4.69, 9.17) is 5.11 Å². The summed E-state index contributed by atoms with van der Waals surface area (Å²) in [5.74, 6) is -0.964. The highest BCUT2D eigenvalue weighted by Crippen LogP contribution is 2.06. The van der Waals surface area contributed by atoms with Gasteiger partial charge in [-0.25, -0.2) is 9.59 Å². The molecule has 0 spiro atoms. The van der Waals surface area contributed by atoms with Crippen LogP contribution in [0.15, 0.2) is 0 Å². The number of hydrogen-bond acceptors (Lipinski definition) is 2. The molecule has 0 radical (unpaired) electrons. The van der Waals surface area contributed by atoms with Crippen molar-refractivity contribution in [1.82, 2.24) is 10.2 Å². The first kappa shape index (κ1) is 16.7. The summed E-state index contributed by atoms with van der Waals surface area (Å²) >= 11 is 0. The van der Waals surface area contributed by atoms with Crippen LogP contribution >= 0.6 is 0 Å². The summed E-state index contributed by atoms with van der Waals surface area (Å²) in [5.41, 5.74) is 0.